The Morgan fingerprint density at radius 3 is 2.69 bits per heavy atom. The fourth-order valence-corrected chi connectivity index (χ4v) is 1.43. The first-order valence-electron chi connectivity index (χ1n) is 4.30. The van der Waals surface area contributed by atoms with Crippen molar-refractivity contribution in [3.05, 3.63) is 35.1 Å². The number of hydrogen-bond donors (Lipinski definition) is 2. The highest BCUT2D eigenvalue weighted by atomic mass is 35.5. The molecule has 0 saturated heterocycles. The molecular weight excluding hydrogens is 232 g/mol. The molecule has 0 atom stereocenters. The summed E-state index contributed by atoms with van der Waals surface area (Å²) < 4.78 is 1.19. The third-order valence-electron chi connectivity index (χ3n) is 1.90. The topological polar surface area (TPSA) is 94.0 Å². The predicted octanol–water partition coefficient (Wildman–Crippen LogP) is 1.20. The van der Waals surface area contributed by atoms with Crippen molar-refractivity contribution in [2.45, 2.75) is 0 Å². The largest absolute Gasteiger partial charge is 0.475 e. The van der Waals surface area contributed by atoms with Crippen LogP contribution >= 0.6 is 11.6 Å². The van der Waals surface area contributed by atoms with Crippen molar-refractivity contribution < 1.29 is 9.90 Å². The van der Waals surface area contributed by atoms with E-state index in [0.29, 0.717) is 10.7 Å². The number of anilines is 1. The Bertz CT molecular complexity index is 552. The van der Waals surface area contributed by atoms with Gasteiger partial charge in [-0.05, 0) is 12.1 Å². The number of rotatable bonds is 2. The van der Waals surface area contributed by atoms with Gasteiger partial charge in [0.25, 0.3) is 5.82 Å². The lowest BCUT2D eigenvalue weighted by molar-refractivity contribution is 0.0683. The third kappa shape index (κ3) is 1.70. The SMILES string of the molecule is Nc1nc(C(=O)O)nn1-c1ccccc1Cl. The smallest absolute Gasteiger partial charge is 0.375 e. The van der Waals surface area contributed by atoms with E-state index in [9.17, 15) is 4.79 Å². The van der Waals surface area contributed by atoms with E-state index in [0.717, 1.165) is 0 Å². The molecule has 1 aromatic carbocycles. The molecule has 1 aromatic heterocycles. The van der Waals surface area contributed by atoms with Crippen LogP contribution in [0.25, 0.3) is 5.69 Å². The van der Waals surface area contributed by atoms with E-state index in [1.165, 1.54) is 4.68 Å². The lowest BCUT2D eigenvalue weighted by Crippen LogP contribution is -2.03. The van der Waals surface area contributed by atoms with Gasteiger partial charge in [-0.15, -0.1) is 5.10 Å². The summed E-state index contributed by atoms with van der Waals surface area (Å²) in [5, 5.41) is 12.9. The molecule has 0 radical (unpaired) electrons. The predicted molar refractivity (Wildman–Crippen MR) is 57.7 cm³/mol. The lowest BCUT2D eigenvalue weighted by atomic mass is 10.3. The zero-order valence-corrected chi connectivity index (χ0v) is 8.72. The van der Waals surface area contributed by atoms with E-state index in [1.54, 1.807) is 24.3 Å². The maximum absolute atomic E-state index is 10.7. The van der Waals surface area contributed by atoms with Crippen molar-refractivity contribution in [2.75, 3.05) is 5.73 Å². The minimum Gasteiger partial charge on any atom is -0.475 e. The van der Waals surface area contributed by atoms with Crippen molar-refractivity contribution in [1.29, 1.82) is 0 Å². The number of carbonyl (C=O) groups is 1. The van der Waals surface area contributed by atoms with Gasteiger partial charge < -0.3 is 10.8 Å². The Hall–Kier alpha value is -2.08. The highest BCUT2D eigenvalue weighted by molar-refractivity contribution is 6.32. The van der Waals surface area contributed by atoms with Gasteiger partial charge in [0.1, 0.15) is 0 Å². The molecule has 16 heavy (non-hydrogen) atoms. The van der Waals surface area contributed by atoms with E-state index in [1.807, 2.05) is 0 Å². The van der Waals surface area contributed by atoms with Gasteiger partial charge in [-0.2, -0.15) is 9.67 Å². The van der Waals surface area contributed by atoms with Crippen LogP contribution in [0.2, 0.25) is 5.02 Å². The second-order valence-electron chi connectivity index (χ2n) is 2.96. The zero-order valence-electron chi connectivity index (χ0n) is 7.96. The van der Waals surface area contributed by atoms with Gasteiger partial charge in [0.15, 0.2) is 0 Å². The average molecular weight is 239 g/mol. The van der Waals surface area contributed by atoms with Crippen LogP contribution in [0.3, 0.4) is 0 Å². The van der Waals surface area contributed by atoms with Crippen LogP contribution in [0.15, 0.2) is 24.3 Å². The molecule has 1 heterocycles. The summed E-state index contributed by atoms with van der Waals surface area (Å²) >= 11 is 5.93. The first-order chi connectivity index (χ1) is 7.59. The number of para-hydroxylation sites is 1. The molecule has 2 rings (SSSR count). The summed E-state index contributed by atoms with van der Waals surface area (Å²) in [4.78, 5) is 14.3. The van der Waals surface area contributed by atoms with Gasteiger partial charge >= 0.3 is 5.97 Å². The Morgan fingerprint density at radius 1 is 1.44 bits per heavy atom. The Morgan fingerprint density at radius 2 is 2.12 bits per heavy atom. The number of aromatic carboxylic acids is 1. The maximum Gasteiger partial charge on any atom is 0.375 e. The van der Waals surface area contributed by atoms with Gasteiger partial charge in [-0.3, -0.25) is 0 Å². The second-order valence-corrected chi connectivity index (χ2v) is 3.37. The van der Waals surface area contributed by atoms with Crippen LogP contribution in [0.4, 0.5) is 5.95 Å². The molecule has 0 fully saturated rings. The highest BCUT2D eigenvalue weighted by Crippen LogP contribution is 2.20. The summed E-state index contributed by atoms with van der Waals surface area (Å²) in [5.74, 6) is -1.62. The first-order valence-corrected chi connectivity index (χ1v) is 4.68. The molecule has 0 aliphatic rings. The van der Waals surface area contributed by atoms with E-state index >= 15 is 0 Å². The van der Waals surface area contributed by atoms with Crippen LogP contribution in [-0.2, 0) is 0 Å². The molecule has 0 spiro atoms. The molecule has 6 nitrogen and oxygen atoms in total. The van der Waals surface area contributed by atoms with Gasteiger partial charge in [-0.25, -0.2) is 4.79 Å². The Labute approximate surface area is 95.3 Å². The van der Waals surface area contributed by atoms with E-state index in [2.05, 4.69) is 10.1 Å². The molecule has 0 aliphatic heterocycles. The van der Waals surface area contributed by atoms with Crippen molar-refractivity contribution >= 4 is 23.5 Å². The Balaban J connectivity index is 2.57. The zero-order chi connectivity index (χ0) is 11.7. The van der Waals surface area contributed by atoms with E-state index in [-0.39, 0.29) is 11.8 Å². The molecular formula is C9H7ClN4O2. The average Bonchev–Trinajstić information content (AvgIpc) is 2.61. The monoisotopic (exact) mass is 238 g/mol. The van der Waals surface area contributed by atoms with Crippen molar-refractivity contribution in [3.8, 4) is 5.69 Å². The number of carboxylic acids is 1. The summed E-state index contributed by atoms with van der Waals surface area (Å²) in [6, 6.07) is 6.80. The van der Waals surface area contributed by atoms with Gasteiger partial charge in [0.2, 0.25) is 5.95 Å². The fraction of sp³-hybridized carbons (Fsp3) is 0. The summed E-state index contributed by atoms with van der Waals surface area (Å²) in [5.41, 5.74) is 6.04. The minimum absolute atomic E-state index is 0.0227. The van der Waals surface area contributed by atoms with E-state index in [4.69, 9.17) is 22.4 Å². The molecule has 0 amide bonds. The molecule has 0 unspecified atom stereocenters. The summed E-state index contributed by atoms with van der Waals surface area (Å²) in [6.45, 7) is 0. The molecule has 0 saturated carbocycles. The number of halogens is 1. The van der Waals surface area contributed by atoms with Gasteiger partial charge in [0, 0.05) is 0 Å². The maximum atomic E-state index is 10.7. The van der Waals surface area contributed by atoms with Crippen LogP contribution in [0, 0.1) is 0 Å². The second kappa shape index (κ2) is 3.82. The molecule has 0 aliphatic carbocycles. The number of nitrogens with zero attached hydrogens (tertiary/aromatic N) is 3. The highest BCUT2D eigenvalue weighted by Gasteiger charge is 2.15. The minimum atomic E-state index is -1.24. The number of benzene rings is 1. The molecule has 2 aromatic rings. The van der Waals surface area contributed by atoms with Crippen LogP contribution < -0.4 is 5.73 Å². The van der Waals surface area contributed by atoms with Crippen molar-refractivity contribution in [2.24, 2.45) is 0 Å². The van der Waals surface area contributed by atoms with Gasteiger partial charge in [0.05, 0.1) is 10.7 Å². The number of carboxylic acid groups (broad SMARTS) is 1. The first kappa shape index (κ1) is 10.4. The van der Waals surface area contributed by atoms with E-state index < -0.39 is 5.97 Å². The van der Waals surface area contributed by atoms with Crippen LogP contribution in [0.1, 0.15) is 10.6 Å². The van der Waals surface area contributed by atoms with Crippen molar-refractivity contribution in [3.63, 3.8) is 0 Å². The molecule has 3 N–H and O–H groups in total. The molecule has 0 bridgehead atoms. The quantitative estimate of drug-likeness (QED) is 0.820. The van der Waals surface area contributed by atoms with Crippen LogP contribution in [-0.4, -0.2) is 25.8 Å². The number of nitrogen functional groups attached to an aromatic ring is 1. The standard InChI is InChI=1S/C9H7ClN4O2/c10-5-3-1-2-4-6(5)14-9(11)12-7(13-14)8(15)16/h1-4H,(H,15,16)(H2,11,12,13). The molecule has 7 heteroatoms. The number of hydrogen-bond acceptors (Lipinski definition) is 4. The van der Waals surface area contributed by atoms with Gasteiger partial charge in [-0.1, -0.05) is 23.7 Å². The Kier molecular flexibility index (Phi) is 2.49. The fourth-order valence-electron chi connectivity index (χ4n) is 1.22. The van der Waals surface area contributed by atoms with Crippen molar-refractivity contribution in [1.82, 2.24) is 14.8 Å². The summed E-state index contributed by atoms with van der Waals surface area (Å²) in [7, 11) is 0. The lowest BCUT2D eigenvalue weighted by Gasteiger charge is -2.03. The number of nitrogens with two attached hydrogens (primary N) is 1. The third-order valence-corrected chi connectivity index (χ3v) is 2.22. The molecule has 82 valence electrons. The normalized spacial score (nSPS) is 10.3. The number of aromatic nitrogens is 3. The van der Waals surface area contributed by atoms with Crippen LogP contribution in [0.5, 0.6) is 0 Å². The summed E-state index contributed by atoms with van der Waals surface area (Å²) in [6.07, 6.45) is 0.